The maximum absolute atomic E-state index is 11.5. The van der Waals surface area contributed by atoms with Crippen molar-refractivity contribution in [3.8, 4) is 5.75 Å². The average molecular weight is 290 g/mol. The fourth-order valence-corrected chi connectivity index (χ4v) is 3.50. The molecular formula is C16H22N2O3. The molecule has 1 aliphatic heterocycles. The van der Waals surface area contributed by atoms with Gasteiger partial charge >= 0.3 is 0 Å². The smallest absolute Gasteiger partial charge is 0.252 e. The second-order valence-electron chi connectivity index (χ2n) is 6.06. The van der Waals surface area contributed by atoms with E-state index in [-0.39, 0.29) is 11.7 Å². The molecule has 0 aromatic heterocycles. The zero-order valence-electron chi connectivity index (χ0n) is 12.1. The van der Waals surface area contributed by atoms with Crippen LogP contribution in [0.1, 0.15) is 48.9 Å². The van der Waals surface area contributed by atoms with Crippen LogP contribution in [0.4, 0.5) is 5.69 Å². The van der Waals surface area contributed by atoms with Crippen LogP contribution in [0.2, 0.25) is 0 Å². The van der Waals surface area contributed by atoms with Crippen molar-refractivity contribution >= 4 is 11.6 Å². The normalized spacial score (nSPS) is 24.1. The monoisotopic (exact) mass is 290 g/mol. The van der Waals surface area contributed by atoms with Gasteiger partial charge in [-0.25, -0.2) is 0 Å². The van der Waals surface area contributed by atoms with E-state index in [1.165, 1.54) is 12.8 Å². The average Bonchev–Trinajstić information content (AvgIpc) is 2.89. The third-order valence-corrected chi connectivity index (χ3v) is 4.56. The second kappa shape index (κ2) is 5.56. The summed E-state index contributed by atoms with van der Waals surface area (Å²) in [5.41, 5.74) is 12.1. The lowest BCUT2D eigenvalue weighted by molar-refractivity contribution is -0.108. The Bertz CT molecular complexity index is 538. The number of anilines is 1. The summed E-state index contributed by atoms with van der Waals surface area (Å²) in [5.74, 6) is -0.0926. The molecule has 1 aromatic carbocycles. The van der Waals surface area contributed by atoms with Crippen molar-refractivity contribution < 1.29 is 14.3 Å². The van der Waals surface area contributed by atoms with Gasteiger partial charge in [0.1, 0.15) is 6.10 Å². The minimum atomic E-state index is -0.514. The van der Waals surface area contributed by atoms with Crippen LogP contribution in [0.15, 0.2) is 18.2 Å². The SMILES string of the molecule is NC(=O)c1cccc(N)c1OC1CCOC2(CCCC2)C1. The molecule has 1 aromatic rings. The molecule has 2 fully saturated rings. The first kappa shape index (κ1) is 14.2. The molecule has 1 heterocycles. The molecule has 0 bridgehead atoms. The summed E-state index contributed by atoms with van der Waals surface area (Å²) < 4.78 is 12.1. The highest BCUT2D eigenvalue weighted by Gasteiger charge is 2.41. The summed E-state index contributed by atoms with van der Waals surface area (Å²) in [6.45, 7) is 0.698. The molecule has 21 heavy (non-hydrogen) atoms. The van der Waals surface area contributed by atoms with Gasteiger partial charge in [-0.05, 0) is 25.0 Å². The molecule has 1 spiro atoms. The largest absolute Gasteiger partial charge is 0.487 e. The minimum Gasteiger partial charge on any atom is -0.487 e. The molecular weight excluding hydrogens is 268 g/mol. The Balaban J connectivity index is 1.79. The summed E-state index contributed by atoms with van der Waals surface area (Å²) in [5, 5.41) is 0. The number of nitrogen functional groups attached to an aromatic ring is 1. The zero-order chi connectivity index (χ0) is 14.9. The highest BCUT2D eigenvalue weighted by atomic mass is 16.5. The highest BCUT2D eigenvalue weighted by Crippen LogP contribution is 2.41. The van der Waals surface area contributed by atoms with Crippen LogP contribution in [0.5, 0.6) is 5.75 Å². The summed E-state index contributed by atoms with van der Waals surface area (Å²) in [6, 6.07) is 5.09. The number of primary amides is 1. The molecule has 5 nitrogen and oxygen atoms in total. The topological polar surface area (TPSA) is 87.6 Å². The fourth-order valence-electron chi connectivity index (χ4n) is 3.50. The molecule has 1 amide bonds. The summed E-state index contributed by atoms with van der Waals surface area (Å²) >= 11 is 0. The van der Waals surface area contributed by atoms with Gasteiger partial charge in [0, 0.05) is 12.8 Å². The van der Waals surface area contributed by atoms with Crippen LogP contribution in [0.25, 0.3) is 0 Å². The van der Waals surface area contributed by atoms with Gasteiger partial charge in [0.05, 0.1) is 23.5 Å². The van der Waals surface area contributed by atoms with Crippen LogP contribution >= 0.6 is 0 Å². The molecule has 5 heteroatoms. The van der Waals surface area contributed by atoms with E-state index in [4.69, 9.17) is 20.9 Å². The number of para-hydroxylation sites is 1. The summed E-state index contributed by atoms with van der Waals surface area (Å²) in [4.78, 5) is 11.5. The van der Waals surface area contributed by atoms with Crippen molar-refractivity contribution in [2.75, 3.05) is 12.3 Å². The van der Waals surface area contributed by atoms with E-state index in [1.807, 2.05) is 0 Å². The number of hydrogen-bond acceptors (Lipinski definition) is 4. The number of ether oxygens (including phenoxy) is 2. The molecule has 1 aliphatic carbocycles. The fraction of sp³-hybridized carbons (Fsp3) is 0.562. The number of nitrogens with two attached hydrogens (primary N) is 2. The van der Waals surface area contributed by atoms with Crippen LogP contribution in [0.3, 0.4) is 0 Å². The van der Waals surface area contributed by atoms with Crippen molar-refractivity contribution in [3.63, 3.8) is 0 Å². The molecule has 1 atom stereocenters. The number of benzene rings is 1. The second-order valence-corrected chi connectivity index (χ2v) is 6.06. The van der Waals surface area contributed by atoms with Gasteiger partial charge in [0.2, 0.25) is 0 Å². The zero-order valence-corrected chi connectivity index (χ0v) is 12.1. The first-order valence-corrected chi connectivity index (χ1v) is 7.59. The maximum atomic E-state index is 11.5. The van der Waals surface area contributed by atoms with Gasteiger partial charge in [-0.3, -0.25) is 4.79 Å². The van der Waals surface area contributed by atoms with E-state index in [9.17, 15) is 4.79 Å². The van der Waals surface area contributed by atoms with Crippen molar-refractivity contribution in [3.05, 3.63) is 23.8 Å². The Morgan fingerprint density at radius 1 is 1.33 bits per heavy atom. The number of carbonyl (C=O) groups excluding carboxylic acids is 1. The first-order valence-electron chi connectivity index (χ1n) is 7.59. The molecule has 1 unspecified atom stereocenters. The van der Waals surface area contributed by atoms with E-state index in [0.29, 0.717) is 23.6 Å². The van der Waals surface area contributed by atoms with Crippen LogP contribution in [0, 0.1) is 0 Å². The predicted molar refractivity (Wildman–Crippen MR) is 80.2 cm³/mol. The molecule has 2 aliphatic rings. The number of carbonyl (C=O) groups is 1. The molecule has 1 saturated carbocycles. The standard InChI is InChI=1S/C16H22N2O3/c17-13-5-3-4-12(15(18)19)14(13)21-11-6-9-20-16(10-11)7-1-2-8-16/h3-5,11H,1-2,6-10,17H2,(H2,18,19). The van der Waals surface area contributed by atoms with Crippen LogP contribution in [-0.4, -0.2) is 24.2 Å². The van der Waals surface area contributed by atoms with Gasteiger partial charge in [-0.1, -0.05) is 18.9 Å². The van der Waals surface area contributed by atoms with Crippen molar-refractivity contribution in [1.29, 1.82) is 0 Å². The van der Waals surface area contributed by atoms with E-state index >= 15 is 0 Å². The van der Waals surface area contributed by atoms with Gasteiger partial charge in [-0.2, -0.15) is 0 Å². The minimum absolute atomic E-state index is 0.0275. The molecule has 0 radical (unpaired) electrons. The van der Waals surface area contributed by atoms with E-state index in [0.717, 1.165) is 25.7 Å². The lowest BCUT2D eigenvalue weighted by Crippen LogP contribution is -2.42. The van der Waals surface area contributed by atoms with Crippen LogP contribution < -0.4 is 16.2 Å². The van der Waals surface area contributed by atoms with E-state index < -0.39 is 5.91 Å². The third kappa shape index (κ3) is 2.83. The van der Waals surface area contributed by atoms with Gasteiger partial charge in [-0.15, -0.1) is 0 Å². The summed E-state index contributed by atoms with van der Waals surface area (Å²) in [7, 11) is 0. The molecule has 4 N–H and O–H groups in total. The van der Waals surface area contributed by atoms with Crippen molar-refractivity contribution in [2.45, 2.75) is 50.2 Å². The number of amides is 1. The van der Waals surface area contributed by atoms with Crippen LogP contribution in [-0.2, 0) is 4.74 Å². The Hall–Kier alpha value is -1.75. The predicted octanol–water partition coefficient (Wildman–Crippen LogP) is 2.24. The Kier molecular flexibility index (Phi) is 3.76. The Morgan fingerprint density at radius 2 is 2.10 bits per heavy atom. The van der Waals surface area contributed by atoms with Crippen molar-refractivity contribution in [1.82, 2.24) is 0 Å². The van der Waals surface area contributed by atoms with E-state index in [2.05, 4.69) is 0 Å². The maximum Gasteiger partial charge on any atom is 0.252 e. The lowest BCUT2D eigenvalue weighted by atomic mass is 9.90. The van der Waals surface area contributed by atoms with Gasteiger partial charge in [0.25, 0.3) is 5.91 Å². The first-order chi connectivity index (χ1) is 10.1. The molecule has 1 saturated heterocycles. The molecule has 114 valence electrons. The lowest BCUT2D eigenvalue weighted by Gasteiger charge is -2.38. The highest BCUT2D eigenvalue weighted by molar-refractivity contribution is 5.97. The van der Waals surface area contributed by atoms with E-state index in [1.54, 1.807) is 18.2 Å². The quantitative estimate of drug-likeness (QED) is 0.836. The Labute approximate surface area is 124 Å². The number of rotatable bonds is 3. The molecule has 3 rings (SSSR count). The van der Waals surface area contributed by atoms with Gasteiger partial charge in [0.15, 0.2) is 5.75 Å². The van der Waals surface area contributed by atoms with Crippen molar-refractivity contribution in [2.24, 2.45) is 5.73 Å². The Morgan fingerprint density at radius 3 is 2.81 bits per heavy atom. The number of hydrogen-bond donors (Lipinski definition) is 2. The van der Waals surface area contributed by atoms with Gasteiger partial charge < -0.3 is 20.9 Å². The third-order valence-electron chi connectivity index (χ3n) is 4.56. The summed E-state index contributed by atoms with van der Waals surface area (Å²) in [6.07, 6.45) is 6.33.